The number of alkyl halides is 1. The minimum atomic E-state index is -1.14. The number of Topliss-reactive ketones (excluding diaryl/α,β-unsaturated/α-hetero) is 1. The lowest BCUT2D eigenvalue weighted by atomic mass is 9.94. The van der Waals surface area contributed by atoms with Gasteiger partial charge in [-0.15, -0.1) is 0 Å². The van der Waals surface area contributed by atoms with Crippen LogP contribution in [0.3, 0.4) is 0 Å². The highest BCUT2D eigenvalue weighted by Gasteiger charge is 2.36. The lowest BCUT2D eigenvalue weighted by Gasteiger charge is -2.22. The first-order chi connectivity index (χ1) is 16.6. The molecule has 0 amide bonds. The lowest BCUT2D eigenvalue weighted by Crippen LogP contribution is -2.26. The summed E-state index contributed by atoms with van der Waals surface area (Å²) in [6.45, 7) is 11.7. The maximum atomic E-state index is 14.5. The van der Waals surface area contributed by atoms with Crippen LogP contribution in [0.4, 0.5) is 8.78 Å². The van der Waals surface area contributed by atoms with E-state index in [2.05, 4.69) is 11.9 Å². The van der Waals surface area contributed by atoms with E-state index in [1.54, 1.807) is 19.1 Å². The number of nitrogens with zero attached hydrogens (tertiary/aromatic N) is 2. The second kappa shape index (κ2) is 13.3. The van der Waals surface area contributed by atoms with Gasteiger partial charge in [-0.05, 0) is 54.5 Å². The number of carbonyl (C=O) groups excluding carboxylic acids is 1. The molecule has 2 unspecified atom stereocenters. The fraction of sp³-hybridized carbons (Fsp3) is 0.467. The highest BCUT2D eigenvalue weighted by molar-refractivity contribution is 6.00. The molecule has 0 radical (unpaired) electrons. The van der Waals surface area contributed by atoms with Crippen molar-refractivity contribution in [1.82, 2.24) is 4.90 Å². The normalized spacial score (nSPS) is 18.5. The van der Waals surface area contributed by atoms with E-state index in [1.807, 2.05) is 76.0 Å². The largest absolute Gasteiger partial charge is 0.353 e. The van der Waals surface area contributed by atoms with Crippen LogP contribution in [0.25, 0.3) is 0 Å². The van der Waals surface area contributed by atoms with E-state index < -0.39 is 6.17 Å². The summed E-state index contributed by atoms with van der Waals surface area (Å²) in [5.74, 6) is 0.534. The number of hydrogen-bond acceptors (Lipinski definition) is 2. The van der Waals surface area contributed by atoms with Gasteiger partial charge in [0.1, 0.15) is 17.3 Å². The predicted molar refractivity (Wildman–Crippen MR) is 142 cm³/mol. The van der Waals surface area contributed by atoms with Crippen molar-refractivity contribution in [3.63, 3.8) is 0 Å². The van der Waals surface area contributed by atoms with Crippen LogP contribution in [0.5, 0.6) is 0 Å². The number of hydrogen-bond donors (Lipinski definition) is 0. The SMILES string of the molecule is CCC(=O)C(N=C1C(F)CC(c2ccccc2)N1C)=C(C)C.CCCc1cccc(F)c1C(C)C. The summed E-state index contributed by atoms with van der Waals surface area (Å²) in [7, 11) is 1.84. The lowest BCUT2D eigenvalue weighted by molar-refractivity contribution is -0.115. The van der Waals surface area contributed by atoms with Gasteiger partial charge in [-0.2, -0.15) is 0 Å². The average molecular weight is 483 g/mol. The van der Waals surface area contributed by atoms with Crippen molar-refractivity contribution in [1.29, 1.82) is 0 Å². The Hall–Kier alpha value is -2.82. The zero-order valence-electron chi connectivity index (χ0n) is 22.2. The van der Waals surface area contributed by atoms with Gasteiger partial charge in [0.2, 0.25) is 0 Å². The maximum Gasteiger partial charge on any atom is 0.180 e. The van der Waals surface area contributed by atoms with Crippen molar-refractivity contribution < 1.29 is 13.6 Å². The number of amidine groups is 1. The summed E-state index contributed by atoms with van der Waals surface area (Å²) in [6.07, 6.45) is 1.65. The second-order valence-electron chi connectivity index (χ2n) is 9.55. The zero-order valence-corrected chi connectivity index (χ0v) is 22.2. The van der Waals surface area contributed by atoms with E-state index in [0.29, 0.717) is 24.4 Å². The van der Waals surface area contributed by atoms with Crippen LogP contribution in [0.1, 0.15) is 89.5 Å². The number of carbonyl (C=O) groups is 1. The highest BCUT2D eigenvalue weighted by atomic mass is 19.1. The van der Waals surface area contributed by atoms with Gasteiger partial charge in [0.15, 0.2) is 12.0 Å². The molecule has 35 heavy (non-hydrogen) atoms. The Morgan fingerprint density at radius 3 is 2.29 bits per heavy atom. The van der Waals surface area contributed by atoms with E-state index in [0.717, 1.165) is 35.1 Å². The Labute approximate surface area is 210 Å². The van der Waals surface area contributed by atoms with Crippen LogP contribution in [0.15, 0.2) is 64.8 Å². The fourth-order valence-electron chi connectivity index (χ4n) is 4.47. The standard InChI is InChI=1S/C18H23FN2O.C12H17F/c1-5-16(22)17(12(2)3)20-18-14(19)11-15(21(18)4)13-9-7-6-8-10-13;1-4-6-10-7-5-8-11(13)12(10)9(2)3/h6-10,14-15H,5,11H2,1-4H3;5,7-9H,4,6H2,1-3H3. The molecule has 3 rings (SSSR count). The van der Waals surface area contributed by atoms with Crippen molar-refractivity contribution in [2.45, 2.75) is 85.4 Å². The maximum absolute atomic E-state index is 14.5. The van der Waals surface area contributed by atoms with Gasteiger partial charge in [0, 0.05) is 19.9 Å². The van der Waals surface area contributed by atoms with Crippen LogP contribution in [0, 0.1) is 5.82 Å². The minimum Gasteiger partial charge on any atom is -0.353 e. The van der Waals surface area contributed by atoms with Gasteiger partial charge in [0.25, 0.3) is 0 Å². The third-order valence-corrected chi connectivity index (χ3v) is 6.25. The number of halogens is 2. The number of aryl methyl sites for hydroxylation is 1. The molecule has 0 N–H and O–H groups in total. The zero-order chi connectivity index (χ0) is 26.1. The number of rotatable bonds is 7. The quantitative estimate of drug-likeness (QED) is 0.375. The average Bonchev–Trinajstić information content (AvgIpc) is 3.11. The van der Waals surface area contributed by atoms with Crippen LogP contribution in [0.2, 0.25) is 0 Å². The van der Waals surface area contributed by atoms with Crippen molar-refractivity contribution in [3.05, 3.63) is 82.3 Å². The molecule has 1 aliphatic rings. The highest BCUT2D eigenvalue weighted by Crippen LogP contribution is 2.34. The van der Waals surface area contributed by atoms with Gasteiger partial charge < -0.3 is 4.90 Å². The second-order valence-corrected chi connectivity index (χ2v) is 9.55. The number of likely N-dealkylation sites (tertiary alicyclic amines) is 1. The van der Waals surface area contributed by atoms with Gasteiger partial charge in [-0.25, -0.2) is 13.8 Å². The van der Waals surface area contributed by atoms with Gasteiger partial charge in [-0.3, -0.25) is 4.79 Å². The molecule has 1 aliphatic heterocycles. The van der Waals surface area contributed by atoms with Crippen molar-refractivity contribution in [2.24, 2.45) is 4.99 Å². The number of allylic oxidation sites excluding steroid dienone is 2. The molecule has 1 fully saturated rings. The number of ketones is 1. The topological polar surface area (TPSA) is 32.7 Å². The smallest absolute Gasteiger partial charge is 0.180 e. The fourth-order valence-corrected chi connectivity index (χ4v) is 4.47. The molecule has 2 aromatic rings. The first kappa shape index (κ1) is 28.4. The predicted octanol–water partition coefficient (Wildman–Crippen LogP) is 7.97. The molecule has 1 saturated heterocycles. The van der Waals surface area contributed by atoms with Crippen molar-refractivity contribution in [3.8, 4) is 0 Å². The summed E-state index contributed by atoms with van der Waals surface area (Å²) in [5.41, 5.74) is 4.34. The van der Waals surface area contributed by atoms with Crippen LogP contribution in [-0.2, 0) is 11.2 Å². The van der Waals surface area contributed by atoms with Crippen LogP contribution < -0.4 is 0 Å². The van der Waals surface area contributed by atoms with Crippen LogP contribution in [-0.4, -0.2) is 29.7 Å². The Morgan fingerprint density at radius 2 is 1.74 bits per heavy atom. The summed E-state index contributed by atoms with van der Waals surface area (Å²) >= 11 is 0. The molecule has 3 nitrogen and oxygen atoms in total. The van der Waals surface area contributed by atoms with Gasteiger partial charge in [0.05, 0.1) is 6.04 Å². The molecular weight excluding hydrogens is 442 g/mol. The Bertz CT molecular complexity index is 1040. The summed E-state index contributed by atoms with van der Waals surface area (Å²) in [4.78, 5) is 18.2. The molecule has 190 valence electrons. The molecule has 0 saturated carbocycles. The number of benzene rings is 2. The van der Waals surface area contributed by atoms with E-state index in [-0.39, 0.29) is 23.6 Å². The van der Waals surface area contributed by atoms with E-state index >= 15 is 0 Å². The molecule has 1 heterocycles. The Kier molecular flexibility index (Phi) is 10.8. The van der Waals surface area contributed by atoms with Gasteiger partial charge in [-0.1, -0.05) is 76.6 Å². The first-order valence-electron chi connectivity index (χ1n) is 12.6. The first-order valence-corrected chi connectivity index (χ1v) is 12.6. The molecule has 0 bridgehead atoms. The minimum absolute atomic E-state index is 0.0370. The molecule has 5 heteroatoms. The van der Waals surface area contributed by atoms with Crippen LogP contribution >= 0.6 is 0 Å². The molecule has 0 aromatic heterocycles. The van der Waals surface area contributed by atoms with E-state index in [1.165, 1.54) is 0 Å². The monoisotopic (exact) mass is 482 g/mol. The van der Waals surface area contributed by atoms with Crippen molar-refractivity contribution >= 4 is 11.6 Å². The molecule has 0 spiro atoms. The van der Waals surface area contributed by atoms with Crippen molar-refractivity contribution in [2.75, 3.05) is 7.05 Å². The van der Waals surface area contributed by atoms with E-state index in [4.69, 9.17) is 0 Å². The van der Waals surface area contributed by atoms with Gasteiger partial charge >= 0.3 is 0 Å². The molecule has 2 aromatic carbocycles. The molecular formula is C30H40F2N2O. The number of aliphatic imine (C=N–C) groups is 1. The third-order valence-electron chi connectivity index (χ3n) is 6.25. The molecule has 2 atom stereocenters. The summed E-state index contributed by atoms with van der Waals surface area (Å²) < 4.78 is 27.9. The Morgan fingerprint density at radius 1 is 1.09 bits per heavy atom. The third kappa shape index (κ3) is 7.33. The summed E-state index contributed by atoms with van der Waals surface area (Å²) in [6, 6.07) is 15.2. The van der Waals surface area contributed by atoms with E-state index in [9.17, 15) is 13.6 Å². The summed E-state index contributed by atoms with van der Waals surface area (Å²) in [5, 5.41) is 0. The molecule has 0 aliphatic carbocycles. The Balaban J connectivity index is 0.000000283.